The number of aliphatic hydroxyl groups is 1. The zero-order valence-electron chi connectivity index (χ0n) is 9.39. The summed E-state index contributed by atoms with van der Waals surface area (Å²) < 4.78 is 5.72. The number of hydrogen-bond donors (Lipinski definition) is 2. The Kier molecular flexibility index (Phi) is 2.37. The number of allylic oxidation sites excluding steroid dienone is 1. The molecule has 88 valence electrons. The molecule has 0 saturated carbocycles. The van der Waals surface area contributed by atoms with Crippen LogP contribution in [0.1, 0.15) is 25.0 Å². The van der Waals surface area contributed by atoms with Gasteiger partial charge in [0.2, 0.25) is 0 Å². The summed E-state index contributed by atoms with van der Waals surface area (Å²) in [6.07, 6.45) is 5.89. The summed E-state index contributed by atoms with van der Waals surface area (Å²) in [6, 6.07) is 3.61. The van der Waals surface area contributed by atoms with Crippen molar-refractivity contribution in [2.75, 3.05) is 5.73 Å². The van der Waals surface area contributed by atoms with Gasteiger partial charge in [0.15, 0.2) is 5.58 Å². The van der Waals surface area contributed by atoms with E-state index in [4.69, 9.17) is 10.2 Å². The minimum atomic E-state index is -0.364. The Hall–Kier alpha value is -1.81. The van der Waals surface area contributed by atoms with Crippen LogP contribution < -0.4 is 5.73 Å². The summed E-state index contributed by atoms with van der Waals surface area (Å²) in [4.78, 5) is 4.21. The maximum atomic E-state index is 9.61. The minimum absolute atomic E-state index is 0.364. The predicted molar refractivity (Wildman–Crippen MR) is 66.3 cm³/mol. The van der Waals surface area contributed by atoms with Gasteiger partial charge in [0.25, 0.3) is 0 Å². The fourth-order valence-corrected chi connectivity index (χ4v) is 2.22. The highest BCUT2D eigenvalue weighted by molar-refractivity contribution is 5.87. The number of anilines is 1. The zero-order chi connectivity index (χ0) is 11.8. The van der Waals surface area contributed by atoms with E-state index in [1.165, 1.54) is 0 Å². The van der Waals surface area contributed by atoms with Crippen LogP contribution in [0.5, 0.6) is 0 Å². The van der Waals surface area contributed by atoms with Gasteiger partial charge in [-0.3, -0.25) is 4.98 Å². The number of fused-ring (bicyclic) bond motifs is 1. The highest BCUT2D eigenvalue weighted by atomic mass is 16.3. The highest BCUT2D eigenvalue weighted by Gasteiger charge is 2.16. The van der Waals surface area contributed by atoms with Crippen molar-refractivity contribution in [1.82, 2.24) is 4.98 Å². The maximum absolute atomic E-state index is 9.61. The lowest BCUT2D eigenvalue weighted by Gasteiger charge is -2.14. The summed E-state index contributed by atoms with van der Waals surface area (Å²) in [7, 11) is 0. The smallest absolute Gasteiger partial charge is 0.176 e. The molecular weight excluding hydrogens is 216 g/mol. The molecule has 4 heteroatoms. The molecule has 0 spiro atoms. The number of furan rings is 1. The van der Waals surface area contributed by atoms with E-state index >= 15 is 0 Å². The summed E-state index contributed by atoms with van der Waals surface area (Å²) in [5.74, 6) is 0.768. The van der Waals surface area contributed by atoms with E-state index < -0.39 is 0 Å². The lowest BCUT2D eigenvalue weighted by molar-refractivity contribution is 0.205. The second kappa shape index (κ2) is 3.89. The second-order valence-corrected chi connectivity index (χ2v) is 4.38. The topological polar surface area (TPSA) is 72.3 Å². The third-order valence-corrected chi connectivity index (χ3v) is 3.10. The normalized spacial score (nSPS) is 20.5. The van der Waals surface area contributed by atoms with E-state index in [0.717, 1.165) is 36.1 Å². The van der Waals surface area contributed by atoms with Crippen LogP contribution in [0.25, 0.3) is 16.7 Å². The fourth-order valence-electron chi connectivity index (χ4n) is 2.22. The molecule has 0 radical (unpaired) electrons. The van der Waals surface area contributed by atoms with Crippen molar-refractivity contribution < 1.29 is 9.52 Å². The van der Waals surface area contributed by atoms with E-state index in [1.54, 1.807) is 12.3 Å². The lowest BCUT2D eigenvalue weighted by atomic mass is 9.96. The molecule has 0 saturated heterocycles. The number of nitrogen functional groups attached to an aromatic ring is 1. The first-order valence-corrected chi connectivity index (χ1v) is 5.77. The average Bonchev–Trinajstić information content (AvgIpc) is 2.74. The molecule has 1 unspecified atom stereocenters. The van der Waals surface area contributed by atoms with Crippen molar-refractivity contribution in [1.29, 1.82) is 0 Å². The van der Waals surface area contributed by atoms with Crippen LogP contribution >= 0.6 is 0 Å². The van der Waals surface area contributed by atoms with Crippen molar-refractivity contribution in [3.8, 4) is 0 Å². The van der Waals surface area contributed by atoms with Gasteiger partial charge in [-0.05, 0) is 37.0 Å². The number of nitrogens with two attached hydrogens (primary N) is 1. The SMILES string of the molecule is Nc1ccnc2cc(C3=CC(O)CCC3)oc12. The van der Waals surface area contributed by atoms with Gasteiger partial charge >= 0.3 is 0 Å². The number of pyridine rings is 1. The first-order valence-electron chi connectivity index (χ1n) is 5.77. The Labute approximate surface area is 98.8 Å². The molecule has 0 bridgehead atoms. The Morgan fingerprint density at radius 2 is 2.35 bits per heavy atom. The molecule has 1 aliphatic rings. The lowest BCUT2D eigenvalue weighted by Crippen LogP contribution is -2.07. The van der Waals surface area contributed by atoms with Gasteiger partial charge in [-0.25, -0.2) is 0 Å². The predicted octanol–water partition coefficient (Wildman–Crippen LogP) is 2.34. The number of aliphatic hydroxyl groups excluding tert-OH is 1. The van der Waals surface area contributed by atoms with E-state index in [2.05, 4.69) is 4.98 Å². The molecule has 3 N–H and O–H groups in total. The molecule has 2 aromatic rings. The van der Waals surface area contributed by atoms with E-state index in [9.17, 15) is 5.11 Å². The molecule has 1 aliphatic carbocycles. The third kappa shape index (κ3) is 1.80. The van der Waals surface area contributed by atoms with E-state index in [0.29, 0.717) is 11.3 Å². The molecule has 3 rings (SSSR count). The van der Waals surface area contributed by atoms with Crippen molar-refractivity contribution in [3.05, 3.63) is 30.2 Å². The maximum Gasteiger partial charge on any atom is 0.176 e. The van der Waals surface area contributed by atoms with Gasteiger partial charge in [-0.2, -0.15) is 0 Å². The van der Waals surface area contributed by atoms with Gasteiger partial charge in [0, 0.05) is 12.3 Å². The van der Waals surface area contributed by atoms with Gasteiger partial charge < -0.3 is 15.3 Å². The number of nitrogens with zero attached hydrogens (tertiary/aromatic N) is 1. The van der Waals surface area contributed by atoms with Crippen molar-refractivity contribution in [3.63, 3.8) is 0 Å². The molecular formula is C13H14N2O2. The average molecular weight is 230 g/mol. The zero-order valence-corrected chi connectivity index (χ0v) is 9.39. The second-order valence-electron chi connectivity index (χ2n) is 4.38. The first-order chi connectivity index (χ1) is 8.24. The molecule has 2 aromatic heterocycles. The van der Waals surface area contributed by atoms with Crippen molar-refractivity contribution in [2.45, 2.75) is 25.4 Å². The molecule has 1 atom stereocenters. The highest BCUT2D eigenvalue weighted by Crippen LogP contribution is 2.32. The van der Waals surface area contributed by atoms with Gasteiger partial charge in [0.05, 0.1) is 11.8 Å². The van der Waals surface area contributed by atoms with Gasteiger partial charge in [-0.15, -0.1) is 0 Å². The number of hydrogen-bond acceptors (Lipinski definition) is 4. The number of aromatic nitrogens is 1. The van der Waals surface area contributed by atoms with Gasteiger partial charge in [0.1, 0.15) is 11.3 Å². The molecule has 17 heavy (non-hydrogen) atoms. The standard InChI is InChI=1S/C13H14N2O2/c14-10-4-5-15-11-7-12(17-13(10)11)8-2-1-3-9(16)6-8/h4-7,9,16H,1-3H2,(H2,14,15). The largest absolute Gasteiger partial charge is 0.453 e. The van der Waals surface area contributed by atoms with E-state index in [-0.39, 0.29) is 6.10 Å². The summed E-state index contributed by atoms with van der Waals surface area (Å²) >= 11 is 0. The Bertz CT molecular complexity index is 586. The van der Waals surface area contributed by atoms with Crippen LogP contribution in [0.2, 0.25) is 0 Å². The first kappa shape index (κ1) is 10.4. The van der Waals surface area contributed by atoms with E-state index in [1.807, 2.05) is 12.1 Å². The molecule has 4 nitrogen and oxygen atoms in total. The summed E-state index contributed by atoms with van der Waals surface area (Å²) in [5.41, 5.74) is 8.86. The molecule has 0 aliphatic heterocycles. The Morgan fingerprint density at radius 3 is 3.12 bits per heavy atom. The molecule has 0 fully saturated rings. The molecule has 0 amide bonds. The van der Waals surface area contributed by atoms with Crippen LogP contribution in [0, 0.1) is 0 Å². The monoisotopic (exact) mass is 230 g/mol. The Balaban J connectivity index is 2.09. The molecule has 2 heterocycles. The van der Waals surface area contributed by atoms with Crippen LogP contribution in [0.15, 0.2) is 28.8 Å². The van der Waals surface area contributed by atoms with Crippen LogP contribution in [0.3, 0.4) is 0 Å². The van der Waals surface area contributed by atoms with Crippen molar-refractivity contribution >= 4 is 22.4 Å². The quantitative estimate of drug-likeness (QED) is 0.788. The molecule has 0 aromatic carbocycles. The summed E-state index contributed by atoms with van der Waals surface area (Å²) in [5, 5.41) is 9.61. The minimum Gasteiger partial charge on any atom is -0.453 e. The fraction of sp³-hybridized carbons (Fsp3) is 0.308. The third-order valence-electron chi connectivity index (χ3n) is 3.10. The number of rotatable bonds is 1. The van der Waals surface area contributed by atoms with Crippen LogP contribution in [-0.2, 0) is 0 Å². The van der Waals surface area contributed by atoms with Crippen LogP contribution in [0.4, 0.5) is 5.69 Å². The summed E-state index contributed by atoms with van der Waals surface area (Å²) in [6.45, 7) is 0. The van der Waals surface area contributed by atoms with Gasteiger partial charge in [-0.1, -0.05) is 0 Å². The van der Waals surface area contributed by atoms with Crippen molar-refractivity contribution in [2.24, 2.45) is 0 Å². The van der Waals surface area contributed by atoms with Crippen LogP contribution in [-0.4, -0.2) is 16.2 Å². The Morgan fingerprint density at radius 1 is 1.47 bits per heavy atom.